The Balaban J connectivity index is 2.37. The minimum atomic E-state index is -4.39. The van der Waals surface area contributed by atoms with Gasteiger partial charge >= 0.3 is 6.18 Å². The van der Waals surface area contributed by atoms with E-state index < -0.39 is 11.7 Å². The van der Waals surface area contributed by atoms with Crippen LogP contribution in [0.3, 0.4) is 0 Å². The number of alkyl halides is 3. The number of hydrogen-bond donors (Lipinski definition) is 1. The van der Waals surface area contributed by atoms with E-state index >= 15 is 0 Å². The summed E-state index contributed by atoms with van der Waals surface area (Å²) < 4.78 is 39.6. The van der Waals surface area contributed by atoms with Crippen molar-refractivity contribution in [1.29, 1.82) is 0 Å². The molecule has 0 aromatic carbocycles. The Kier molecular flexibility index (Phi) is 5.08. The summed E-state index contributed by atoms with van der Waals surface area (Å²) in [7, 11) is 0. The van der Waals surface area contributed by atoms with Crippen LogP contribution in [0.5, 0.6) is 0 Å². The maximum absolute atomic E-state index is 13.2. The molecule has 1 saturated carbocycles. The maximum Gasteiger partial charge on any atom is 0.419 e. The predicted molar refractivity (Wildman–Crippen MR) is 77.1 cm³/mol. The fraction of sp³-hybridized carbons (Fsp3) is 0.667. The fourth-order valence-electron chi connectivity index (χ4n) is 3.26. The Morgan fingerprint density at radius 1 is 1.33 bits per heavy atom. The molecule has 0 saturated heterocycles. The van der Waals surface area contributed by atoms with Crippen LogP contribution in [0.15, 0.2) is 18.3 Å². The van der Waals surface area contributed by atoms with Gasteiger partial charge in [-0.25, -0.2) is 4.98 Å². The lowest BCUT2D eigenvalue weighted by molar-refractivity contribution is -0.137. The number of pyridine rings is 1. The second-order valence-corrected chi connectivity index (χ2v) is 5.51. The van der Waals surface area contributed by atoms with Gasteiger partial charge in [0.1, 0.15) is 5.82 Å². The average Bonchev–Trinajstić information content (AvgIpc) is 2.48. The summed E-state index contributed by atoms with van der Waals surface area (Å²) in [5.41, 5.74) is 5.16. The van der Waals surface area contributed by atoms with Crippen LogP contribution >= 0.6 is 0 Å². The number of aromatic nitrogens is 1. The van der Waals surface area contributed by atoms with Gasteiger partial charge in [-0.1, -0.05) is 12.8 Å². The Bertz CT molecular complexity index is 462. The molecule has 118 valence electrons. The molecule has 1 aliphatic carbocycles. The van der Waals surface area contributed by atoms with Crippen molar-refractivity contribution in [2.75, 3.05) is 18.0 Å². The average molecular weight is 301 g/mol. The molecule has 2 N–H and O–H groups in total. The Labute approximate surface area is 123 Å². The van der Waals surface area contributed by atoms with E-state index in [1.54, 1.807) is 4.90 Å². The van der Waals surface area contributed by atoms with Crippen molar-refractivity contribution in [1.82, 2.24) is 4.98 Å². The Hall–Kier alpha value is -1.30. The van der Waals surface area contributed by atoms with Crippen molar-refractivity contribution in [2.24, 2.45) is 11.7 Å². The van der Waals surface area contributed by atoms with Crippen LogP contribution in [0.4, 0.5) is 19.0 Å². The third-order valence-electron chi connectivity index (χ3n) is 4.28. The highest BCUT2D eigenvalue weighted by atomic mass is 19.4. The largest absolute Gasteiger partial charge is 0.419 e. The molecule has 0 aliphatic heterocycles. The summed E-state index contributed by atoms with van der Waals surface area (Å²) in [6.07, 6.45) is 1.03. The summed E-state index contributed by atoms with van der Waals surface area (Å²) in [4.78, 5) is 5.82. The zero-order valence-electron chi connectivity index (χ0n) is 12.2. The number of nitrogens with two attached hydrogens (primary N) is 1. The molecule has 1 aromatic heterocycles. The summed E-state index contributed by atoms with van der Waals surface area (Å²) in [5.74, 6) is 0.277. The maximum atomic E-state index is 13.2. The lowest BCUT2D eigenvalue weighted by Gasteiger charge is -2.40. The fourth-order valence-corrected chi connectivity index (χ4v) is 3.26. The number of nitrogens with zero attached hydrogens (tertiary/aromatic N) is 2. The molecule has 0 bridgehead atoms. The molecule has 1 fully saturated rings. The first-order valence-corrected chi connectivity index (χ1v) is 7.48. The van der Waals surface area contributed by atoms with E-state index in [1.807, 2.05) is 6.92 Å². The summed E-state index contributed by atoms with van der Waals surface area (Å²) in [6.45, 7) is 2.88. The van der Waals surface area contributed by atoms with Crippen LogP contribution in [0, 0.1) is 5.92 Å². The van der Waals surface area contributed by atoms with E-state index in [1.165, 1.54) is 12.3 Å². The van der Waals surface area contributed by atoms with Crippen molar-refractivity contribution in [2.45, 2.75) is 44.8 Å². The molecule has 1 heterocycles. The quantitative estimate of drug-likeness (QED) is 0.926. The molecule has 0 radical (unpaired) electrons. The van der Waals surface area contributed by atoms with Crippen LogP contribution < -0.4 is 10.6 Å². The molecule has 2 rings (SSSR count). The second-order valence-electron chi connectivity index (χ2n) is 5.51. The van der Waals surface area contributed by atoms with Crippen molar-refractivity contribution in [3.63, 3.8) is 0 Å². The van der Waals surface area contributed by atoms with Gasteiger partial charge < -0.3 is 10.6 Å². The van der Waals surface area contributed by atoms with E-state index in [0.29, 0.717) is 13.1 Å². The smallest absolute Gasteiger partial charge is 0.353 e. The zero-order valence-corrected chi connectivity index (χ0v) is 12.2. The molecule has 0 amide bonds. The van der Waals surface area contributed by atoms with Crippen molar-refractivity contribution in [3.05, 3.63) is 23.9 Å². The van der Waals surface area contributed by atoms with Crippen LogP contribution in [0.1, 0.15) is 38.2 Å². The monoisotopic (exact) mass is 301 g/mol. The van der Waals surface area contributed by atoms with E-state index in [2.05, 4.69) is 4.98 Å². The molecule has 6 heteroatoms. The highest BCUT2D eigenvalue weighted by molar-refractivity contribution is 5.49. The summed E-state index contributed by atoms with van der Waals surface area (Å²) in [6, 6.07) is 2.48. The highest BCUT2D eigenvalue weighted by Gasteiger charge is 2.38. The van der Waals surface area contributed by atoms with Gasteiger partial charge in [-0.05, 0) is 44.4 Å². The first kappa shape index (κ1) is 16.1. The second kappa shape index (κ2) is 6.64. The van der Waals surface area contributed by atoms with Crippen LogP contribution in [0.25, 0.3) is 0 Å². The minimum absolute atomic E-state index is 0.0397. The van der Waals surface area contributed by atoms with Gasteiger partial charge in [0.05, 0.1) is 5.56 Å². The van der Waals surface area contributed by atoms with Gasteiger partial charge in [0.25, 0.3) is 0 Å². The first-order chi connectivity index (χ1) is 9.99. The molecule has 21 heavy (non-hydrogen) atoms. The van der Waals surface area contributed by atoms with Crippen LogP contribution in [0.2, 0.25) is 0 Å². The van der Waals surface area contributed by atoms with Gasteiger partial charge in [0, 0.05) is 18.8 Å². The topological polar surface area (TPSA) is 42.2 Å². The molecule has 3 nitrogen and oxygen atoms in total. The van der Waals surface area contributed by atoms with E-state index in [4.69, 9.17) is 5.73 Å². The molecule has 0 spiro atoms. The third kappa shape index (κ3) is 3.48. The predicted octanol–water partition coefficient (Wildman–Crippen LogP) is 3.44. The van der Waals surface area contributed by atoms with Gasteiger partial charge in [-0.15, -0.1) is 0 Å². The Morgan fingerprint density at radius 3 is 2.67 bits per heavy atom. The first-order valence-electron chi connectivity index (χ1n) is 7.48. The summed E-state index contributed by atoms with van der Waals surface area (Å²) >= 11 is 0. The van der Waals surface area contributed by atoms with E-state index in [0.717, 1.165) is 31.7 Å². The molecule has 2 atom stereocenters. The highest BCUT2D eigenvalue weighted by Crippen LogP contribution is 2.38. The SMILES string of the molecule is CCN(c1ncccc1C(F)(F)F)C1CCCCC1CN. The third-order valence-corrected chi connectivity index (χ3v) is 4.28. The molecule has 2 unspecified atom stereocenters. The zero-order chi connectivity index (χ0) is 15.5. The van der Waals surface area contributed by atoms with Gasteiger partial charge in [0.2, 0.25) is 0 Å². The van der Waals surface area contributed by atoms with Gasteiger partial charge in [0.15, 0.2) is 0 Å². The minimum Gasteiger partial charge on any atom is -0.353 e. The van der Waals surface area contributed by atoms with E-state index in [9.17, 15) is 13.2 Å². The van der Waals surface area contributed by atoms with Crippen molar-refractivity contribution >= 4 is 5.82 Å². The lowest BCUT2D eigenvalue weighted by Crippen LogP contribution is -2.46. The number of hydrogen-bond acceptors (Lipinski definition) is 3. The summed E-state index contributed by atoms with van der Waals surface area (Å²) in [5, 5.41) is 0. The number of halogens is 3. The standard InChI is InChI=1S/C15H22F3N3/c1-2-21(13-8-4-3-6-11(13)10-19)14-12(15(16,17)18)7-5-9-20-14/h5,7,9,11,13H,2-4,6,8,10,19H2,1H3. The lowest BCUT2D eigenvalue weighted by atomic mass is 9.83. The van der Waals surface area contributed by atoms with Crippen LogP contribution in [-0.4, -0.2) is 24.1 Å². The molecule has 1 aliphatic rings. The Morgan fingerprint density at radius 2 is 2.05 bits per heavy atom. The molecular formula is C15H22F3N3. The van der Waals surface area contributed by atoms with Gasteiger partial charge in [-0.3, -0.25) is 0 Å². The molecular weight excluding hydrogens is 279 g/mol. The van der Waals surface area contributed by atoms with Gasteiger partial charge in [-0.2, -0.15) is 13.2 Å². The van der Waals surface area contributed by atoms with E-state index in [-0.39, 0.29) is 17.8 Å². The van der Waals surface area contributed by atoms with Crippen molar-refractivity contribution < 1.29 is 13.2 Å². The van der Waals surface area contributed by atoms with Crippen LogP contribution in [-0.2, 0) is 6.18 Å². The number of anilines is 1. The van der Waals surface area contributed by atoms with Crippen molar-refractivity contribution in [3.8, 4) is 0 Å². The normalized spacial score (nSPS) is 23.1. The molecule has 1 aromatic rings. The number of rotatable bonds is 4.